The normalized spacial score (nSPS) is 10.3. The summed E-state index contributed by atoms with van der Waals surface area (Å²) < 4.78 is 0.617. The predicted molar refractivity (Wildman–Crippen MR) is 73.0 cm³/mol. The Balaban J connectivity index is 2.09. The Morgan fingerprint density at radius 3 is 3.00 bits per heavy atom. The van der Waals surface area contributed by atoms with Crippen LogP contribution in [0, 0.1) is 6.92 Å². The number of halogens is 1. The largest absolute Gasteiger partial charge is 0.398 e. The summed E-state index contributed by atoms with van der Waals surface area (Å²) in [7, 11) is 0. The lowest BCUT2D eigenvalue weighted by Gasteiger charge is -2.07. The Morgan fingerprint density at radius 2 is 2.33 bits per heavy atom. The maximum atomic E-state index is 12.0. The van der Waals surface area contributed by atoms with Crippen molar-refractivity contribution in [3.8, 4) is 0 Å². The average Bonchev–Trinajstić information content (AvgIpc) is 2.75. The Bertz CT molecular complexity index is 579. The molecule has 0 aliphatic heterocycles. The summed E-state index contributed by atoms with van der Waals surface area (Å²) in [6, 6.07) is 5.21. The first-order chi connectivity index (χ1) is 8.59. The van der Waals surface area contributed by atoms with Crippen LogP contribution in [0.4, 0.5) is 5.69 Å². The molecule has 0 bridgehead atoms. The number of anilines is 1. The van der Waals surface area contributed by atoms with Gasteiger partial charge in [0, 0.05) is 23.5 Å². The SMILES string of the molecule is Cc1[nH]ncc1CNC(=O)c1cccc(N)c1Br. The summed E-state index contributed by atoms with van der Waals surface area (Å²) in [6.45, 7) is 2.34. The van der Waals surface area contributed by atoms with Gasteiger partial charge in [-0.05, 0) is 35.0 Å². The van der Waals surface area contributed by atoms with Crippen molar-refractivity contribution in [3.63, 3.8) is 0 Å². The van der Waals surface area contributed by atoms with Crippen LogP contribution in [-0.4, -0.2) is 16.1 Å². The van der Waals surface area contributed by atoms with Crippen LogP contribution in [0.5, 0.6) is 0 Å². The molecule has 0 fully saturated rings. The zero-order chi connectivity index (χ0) is 13.1. The summed E-state index contributed by atoms with van der Waals surface area (Å²) >= 11 is 3.31. The number of nitrogens with two attached hydrogens (primary N) is 1. The second-order valence-corrected chi connectivity index (χ2v) is 4.70. The maximum Gasteiger partial charge on any atom is 0.252 e. The van der Waals surface area contributed by atoms with Gasteiger partial charge < -0.3 is 11.1 Å². The average molecular weight is 309 g/mol. The highest BCUT2D eigenvalue weighted by molar-refractivity contribution is 9.10. The first-order valence-electron chi connectivity index (χ1n) is 5.40. The van der Waals surface area contributed by atoms with Crippen LogP contribution >= 0.6 is 15.9 Å². The van der Waals surface area contributed by atoms with Crippen molar-refractivity contribution >= 4 is 27.5 Å². The highest BCUT2D eigenvalue weighted by atomic mass is 79.9. The molecule has 0 unspecified atom stereocenters. The third kappa shape index (κ3) is 2.53. The summed E-state index contributed by atoms with van der Waals surface area (Å²) in [4.78, 5) is 12.0. The molecule has 2 aromatic rings. The van der Waals surface area contributed by atoms with Gasteiger partial charge in [-0.15, -0.1) is 0 Å². The van der Waals surface area contributed by atoms with E-state index in [-0.39, 0.29) is 5.91 Å². The van der Waals surface area contributed by atoms with Gasteiger partial charge in [0.1, 0.15) is 0 Å². The number of carbonyl (C=O) groups excluding carboxylic acids is 1. The second-order valence-electron chi connectivity index (χ2n) is 3.91. The van der Waals surface area contributed by atoms with Gasteiger partial charge >= 0.3 is 0 Å². The molecule has 0 aliphatic rings. The van der Waals surface area contributed by atoms with Gasteiger partial charge in [0.25, 0.3) is 5.91 Å². The third-order valence-electron chi connectivity index (χ3n) is 2.65. The van der Waals surface area contributed by atoms with Crippen molar-refractivity contribution in [1.82, 2.24) is 15.5 Å². The molecular formula is C12H13BrN4O. The van der Waals surface area contributed by atoms with Crippen LogP contribution < -0.4 is 11.1 Å². The molecule has 94 valence electrons. The Labute approximate surface area is 113 Å². The number of amides is 1. The fourth-order valence-corrected chi connectivity index (χ4v) is 1.99. The van der Waals surface area contributed by atoms with Crippen molar-refractivity contribution in [2.24, 2.45) is 0 Å². The van der Waals surface area contributed by atoms with E-state index in [0.717, 1.165) is 11.3 Å². The Kier molecular flexibility index (Phi) is 3.66. The fraction of sp³-hybridized carbons (Fsp3) is 0.167. The number of rotatable bonds is 3. The number of carbonyl (C=O) groups is 1. The van der Waals surface area contributed by atoms with E-state index >= 15 is 0 Å². The standard InChI is InChI=1S/C12H13BrN4O/c1-7-8(6-16-17-7)5-15-12(18)9-3-2-4-10(14)11(9)13/h2-4,6H,5,14H2,1H3,(H,15,18)(H,16,17). The molecule has 5 nitrogen and oxygen atoms in total. The number of nitrogens with zero attached hydrogens (tertiary/aromatic N) is 1. The number of aromatic amines is 1. The number of aromatic nitrogens is 2. The van der Waals surface area contributed by atoms with E-state index in [4.69, 9.17) is 5.73 Å². The van der Waals surface area contributed by atoms with Crippen molar-refractivity contribution < 1.29 is 4.79 Å². The first-order valence-corrected chi connectivity index (χ1v) is 6.20. The summed E-state index contributed by atoms with van der Waals surface area (Å²) in [5.41, 5.74) is 8.71. The van der Waals surface area contributed by atoms with Crippen molar-refractivity contribution in [3.05, 3.63) is 45.7 Å². The number of H-pyrrole nitrogens is 1. The van der Waals surface area contributed by atoms with Gasteiger partial charge in [0.05, 0.1) is 16.2 Å². The highest BCUT2D eigenvalue weighted by Crippen LogP contribution is 2.23. The monoisotopic (exact) mass is 308 g/mol. The molecule has 2 rings (SSSR count). The van der Waals surface area contributed by atoms with E-state index in [1.807, 2.05) is 6.92 Å². The Morgan fingerprint density at radius 1 is 1.56 bits per heavy atom. The van der Waals surface area contributed by atoms with Gasteiger partial charge in [0.15, 0.2) is 0 Å². The molecule has 1 amide bonds. The molecule has 18 heavy (non-hydrogen) atoms. The lowest BCUT2D eigenvalue weighted by atomic mass is 10.2. The highest BCUT2D eigenvalue weighted by Gasteiger charge is 2.12. The number of benzene rings is 1. The lowest BCUT2D eigenvalue weighted by molar-refractivity contribution is 0.0950. The number of hydrogen-bond donors (Lipinski definition) is 3. The molecule has 0 saturated carbocycles. The third-order valence-corrected chi connectivity index (χ3v) is 3.53. The van der Waals surface area contributed by atoms with Gasteiger partial charge in [0.2, 0.25) is 0 Å². The van der Waals surface area contributed by atoms with Crippen LogP contribution in [0.15, 0.2) is 28.9 Å². The van der Waals surface area contributed by atoms with Crippen LogP contribution in [0.1, 0.15) is 21.6 Å². The van der Waals surface area contributed by atoms with Crippen LogP contribution in [0.3, 0.4) is 0 Å². The van der Waals surface area contributed by atoms with Gasteiger partial charge in [-0.3, -0.25) is 9.89 Å². The number of nitrogen functional groups attached to an aromatic ring is 1. The molecule has 6 heteroatoms. The maximum absolute atomic E-state index is 12.0. The minimum Gasteiger partial charge on any atom is -0.398 e. The topological polar surface area (TPSA) is 83.8 Å². The van der Waals surface area contributed by atoms with Gasteiger partial charge in [-0.1, -0.05) is 6.07 Å². The second kappa shape index (κ2) is 5.22. The Hall–Kier alpha value is -1.82. The number of hydrogen-bond acceptors (Lipinski definition) is 3. The number of aryl methyl sites for hydroxylation is 1. The van der Waals surface area contributed by atoms with Gasteiger partial charge in [-0.2, -0.15) is 5.10 Å². The van der Waals surface area contributed by atoms with Crippen LogP contribution in [0.2, 0.25) is 0 Å². The van der Waals surface area contributed by atoms with Crippen molar-refractivity contribution in [2.45, 2.75) is 13.5 Å². The van der Waals surface area contributed by atoms with E-state index in [1.54, 1.807) is 24.4 Å². The zero-order valence-electron chi connectivity index (χ0n) is 9.83. The summed E-state index contributed by atoms with van der Waals surface area (Å²) in [5.74, 6) is -0.172. The summed E-state index contributed by atoms with van der Waals surface area (Å²) in [6.07, 6.45) is 1.70. The molecule has 1 heterocycles. The van der Waals surface area contributed by atoms with Crippen LogP contribution in [0.25, 0.3) is 0 Å². The molecule has 0 atom stereocenters. The molecule has 4 N–H and O–H groups in total. The molecule has 0 saturated heterocycles. The van der Waals surface area contributed by atoms with E-state index in [1.165, 1.54) is 0 Å². The van der Waals surface area contributed by atoms with Gasteiger partial charge in [-0.25, -0.2) is 0 Å². The molecule has 1 aromatic carbocycles. The molecule has 0 spiro atoms. The molecule has 1 aromatic heterocycles. The van der Waals surface area contributed by atoms with E-state index in [0.29, 0.717) is 22.3 Å². The van der Waals surface area contributed by atoms with E-state index < -0.39 is 0 Å². The van der Waals surface area contributed by atoms with E-state index in [9.17, 15) is 4.79 Å². The summed E-state index contributed by atoms with van der Waals surface area (Å²) in [5, 5.41) is 9.55. The first kappa shape index (κ1) is 12.6. The quantitative estimate of drug-likeness (QED) is 0.758. The minimum atomic E-state index is -0.172. The molecule has 0 radical (unpaired) electrons. The zero-order valence-corrected chi connectivity index (χ0v) is 11.4. The smallest absolute Gasteiger partial charge is 0.252 e. The van der Waals surface area contributed by atoms with Crippen LogP contribution in [-0.2, 0) is 6.54 Å². The fourth-order valence-electron chi connectivity index (χ4n) is 1.55. The minimum absolute atomic E-state index is 0.172. The number of nitrogens with one attached hydrogen (secondary N) is 2. The predicted octanol–water partition coefficient (Wildman–Crippen LogP) is 1.99. The van der Waals surface area contributed by atoms with E-state index in [2.05, 4.69) is 31.4 Å². The lowest BCUT2D eigenvalue weighted by Crippen LogP contribution is -2.23. The van der Waals surface area contributed by atoms with Crippen molar-refractivity contribution in [1.29, 1.82) is 0 Å². The van der Waals surface area contributed by atoms with Crippen molar-refractivity contribution in [2.75, 3.05) is 5.73 Å². The molecule has 0 aliphatic carbocycles. The molecular weight excluding hydrogens is 296 g/mol.